The first kappa shape index (κ1) is 17.9. The van der Waals surface area contributed by atoms with Crippen LogP contribution < -0.4 is 5.32 Å². The summed E-state index contributed by atoms with van der Waals surface area (Å²) in [4.78, 5) is 24.3. The SMILES string of the molecule is CSc1ccc(CC(NC(=O)OCc2ccccc2)C(=O)O)cc1. The van der Waals surface area contributed by atoms with Crippen LogP contribution >= 0.6 is 11.8 Å². The third-order valence-corrected chi connectivity index (χ3v) is 4.15. The Morgan fingerprint density at radius 1 is 1.08 bits per heavy atom. The van der Waals surface area contributed by atoms with Crippen molar-refractivity contribution in [1.29, 1.82) is 0 Å². The number of carboxylic acid groups (broad SMARTS) is 1. The van der Waals surface area contributed by atoms with E-state index in [0.29, 0.717) is 0 Å². The maximum atomic E-state index is 11.8. The van der Waals surface area contributed by atoms with Crippen molar-refractivity contribution < 1.29 is 19.4 Å². The maximum absolute atomic E-state index is 11.8. The van der Waals surface area contributed by atoms with Gasteiger partial charge in [0.15, 0.2) is 0 Å². The van der Waals surface area contributed by atoms with E-state index in [2.05, 4.69) is 5.32 Å². The number of carboxylic acids is 1. The largest absolute Gasteiger partial charge is 0.480 e. The number of amides is 1. The molecule has 0 heterocycles. The van der Waals surface area contributed by atoms with Gasteiger partial charge in [-0.3, -0.25) is 0 Å². The van der Waals surface area contributed by atoms with Crippen molar-refractivity contribution in [1.82, 2.24) is 5.32 Å². The molecule has 2 aromatic rings. The Morgan fingerprint density at radius 3 is 2.33 bits per heavy atom. The Labute approximate surface area is 145 Å². The van der Waals surface area contributed by atoms with Crippen molar-refractivity contribution in [3.8, 4) is 0 Å². The fourth-order valence-corrected chi connectivity index (χ4v) is 2.51. The lowest BCUT2D eigenvalue weighted by atomic mass is 10.1. The zero-order valence-corrected chi connectivity index (χ0v) is 14.1. The highest BCUT2D eigenvalue weighted by atomic mass is 32.2. The number of alkyl carbamates (subject to hydrolysis) is 1. The van der Waals surface area contributed by atoms with E-state index in [1.165, 1.54) is 0 Å². The lowest BCUT2D eigenvalue weighted by Crippen LogP contribution is -2.42. The second-order valence-electron chi connectivity index (χ2n) is 5.15. The second-order valence-corrected chi connectivity index (χ2v) is 6.03. The Hall–Kier alpha value is -2.47. The van der Waals surface area contributed by atoms with Crippen molar-refractivity contribution >= 4 is 23.8 Å². The van der Waals surface area contributed by atoms with E-state index in [-0.39, 0.29) is 13.0 Å². The van der Waals surface area contributed by atoms with Crippen molar-refractivity contribution in [2.45, 2.75) is 24.0 Å². The van der Waals surface area contributed by atoms with E-state index in [9.17, 15) is 14.7 Å². The molecule has 0 saturated heterocycles. The lowest BCUT2D eigenvalue weighted by molar-refractivity contribution is -0.139. The number of benzene rings is 2. The Balaban J connectivity index is 1.90. The summed E-state index contributed by atoms with van der Waals surface area (Å²) in [6.07, 6.45) is 1.43. The smallest absolute Gasteiger partial charge is 0.408 e. The van der Waals surface area contributed by atoms with Gasteiger partial charge in [-0.05, 0) is 29.5 Å². The minimum atomic E-state index is -1.10. The van der Waals surface area contributed by atoms with E-state index in [1.807, 2.05) is 60.9 Å². The molecule has 0 bridgehead atoms. The van der Waals surface area contributed by atoms with Crippen molar-refractivity contribution in [2.75, 3.05) is 6.26 Å². The Kier molecular flexibility index (Phi) is 6.69. The number of carbonyl (C=O) groups is 2. The van der Waals surface area contributed by atoms with Gasteiger partial charge in [0.1, 0.15) is 12.6 Å². The first-order valence-corrected chi connectivity index (χ1v) is 8.64. The number of hydrogen-bond acceptors (Lipinski definition) is 4. The highest BCUT2D eigenvalue weighted by molar-refractivity contribution is 7.98. The van der Waals surface area contributed by atoms with Gasteiger partial charge in [0.05, 0.1) is 0 Å². The molecule has 24 heavy (non-hydrogen) atoms. The number of hydrogen-bond donors (Lipinski definition) is 2. The number of rotatable bonds is 7. The highest BCUT2D eigenvalue weighted by Gasteiger charge is 2.21. The average Bonchev–Trinajstić information content (AvgIpc) is 2.61. The number of carbonyl (C=O) groups excluding carboxylic acids is 1. The molecule has 6 heteroatoms. The minimum absolute atomic E-state index is 0.0986. The first-order chi connectivity index (χ1) is 11.6. The molecule has 2 N–H and O–H groups in total. The number of aliphatic carboxylic acids is 1. The van der Waals surface area contributed by atoms with Gasteiger partial charge in [0.2, 0.25) is 0 Å². The van der Waals surface area contributed by atoms with Crippen molar-refractivity contribution in [3.63, 3.8) is 0 Å². The molecule has 1 amide bonds. The molecule has 0 aromatic heterocycles. The summed E-state index contributed by atoms with van der Waals surface area (Å²) in [6.45, 7) is 0.0986. The van der Waals surface area contributed by atoms with E-state index >= 15 is 0 Å². The number of ether oxygens (including phenoxy) is 1. The molecule has 0 aliphatic heterocycles. The molecule has 0 fully saturated rings. The summed E-state index contributed by atoms with van der Waals surface area (Å²) in [6, 6.07) is 15.7. The number of nitrogens with one attached hydrogen (secondary N) is 1. The maximum Gasteiger partial charge on any atom is 0.408 e. The standard InChI is InChI=1S/C18H19NO4S/c1-24-15-9-7-13(8-10-15)11-16(17(20)21)19-18(22)23-12-14-5-3-2-4-6-14/h2-10,16H,11-12H2,1H3,(H,19,22)(H,20,21). The van der Waals surface area contributed by atoms with Gasteiger partial charge in [-0.2, -0.15) is 0 Å². The average molecular weight is 345 g/mol. The molecule has 0 radical (unpaired) electrons. The fraction of sp³-hybridized carbons (Fsp3) is 0.222. The van der Waals surface area contributed by atoms with Crippen LogP contribution in [0.1, 0.15) is 11.1 Å². The normalized spacial score (nSPS) is 11.5. The van der Waals surface area contributed by atoms with Gasteiger partial charge in [0, 0.05) is 11.3 Å². The molecule has 1 atom stereocenters. The van der Waals surface area contributed by atoms with Gasteiger partial charge < -0.3 is 15.2 Å². The molecule has 0 saturated carbocycles. The summed E-state index contributed by atoms with van der Waals surface area (Å²) in [5.41, 5.74) is 1.68. The summed E-state index contributed by atoms with van der Waals surface area (Å²) in [5.74, 6) is -1.10. The fourth-order valence-electron chi connectivity index (χ4n) is 2.10. The quantitative estimate of drug-likeness (QED) is 0.753. The molecule has 126 valence electrons. The zero-order valence-electron chi connectivity index (χ0n) is 13.3. The van der Waals surface area contributed by atoms with Crippen LogP contribution in [0.3, 0.4) is 0 Å². The third kappa shape index (κ3) is 5.62. The molecule has 2 rings (SSSR count). The Bertz CT molecular complexity index is 673. The monoisotopic (exact) mass is 345 g/mol. The third-order valence-electron chi connectivity index (χ3n) is 3.40. The van der Waals surface area contributed by atoms with Crippen LogP contribution in [-0.2, 0) is 22.6 Å². The van der Waals surface area contributed by atoms with Crippen LogP contribution in [0.15, 0.2) is 59.5 Å². The molecule has 2 aromatic carbocycles. The summed E-state index contributed by atoms with van der Waals surface area (Å²) < 4.78 is 5.07. The van der Waals surface area contributed by atoms with Gasteiger partial charge in [0.25, 0.3) is 0 Å². The highest BCUT2D eigenvalue weighted by Crippen LogP contribution is 2.15. The summed E-state index contributed by atoms with van der Waals surface area (Å²) in [5, 5.41) is 11.7. The van der Waals surface area contributed by atoms with Crippen molar-refractivity contribution in [3.05, 3.63) is 65.7 Å². The molecule has 0 aliphatic carbocycles. The van der Waals surface area contributed by atoms with Gasteiger partial charge in [-0.15, -0.1) is 11.8 Å². The van der Waals surface area contributed by atoms with Crippen LogP contribution in [0.4, 0.5) is 4.79 Å². The van der Waals surface area contributed by atoms with Crippen LogP contribution in [-0.4, -0.2) is 29.5 Å². The molecule has 5 nitrogen and oxygen atoms in total. The predicted octanol–water partition coefficient (Wildman–Crippen LogP) is 3.33. The lowest BCUT2D eigenvalue weighted by Gasteiger charge is -2.15. The van der Waals surface area contributed by atoms with E-state index in [0.717, 1.165) is 16.0 Å². The van der Waals surface area contributed by atoms with E-state index < -0.39 is 18.1 Å². The predicted molar refractivity (Wildman–Crippen MR) is 93.1 cm³/mol. The van der Waals surface area contributed by atoms with E-state index in [4.69, 9.17) is 4.74 Å². The van der Waals surface area contributed by atoms with Gasteiger partial charge >= 0.3 is 12.1 Å². The van der Waals surface area contributed by atoms with Crippen LogP contribution in [0.5, 0.6) is 0 Å². The molecule has 0 spiro atoms. The zero-order chi connectivity index (χ0) is 17.4. The number of thioether (sulfide) groups is 1. The topological polar surface area (TPSA) is 75.6 Å². The van der Waals surface area contributed by atoms with Gasteiger partial charge in [-0.25, -0.2) is 9.59 Å². The Morgan fingerprint density at radius 2 is 1.75 bits per heavy atom. The second kappa shape index (κ2) is 8.98. The summed E-state index contributed by atoms with van der Waals surface area (Å²) >= 11 is 1.61. The van der Waals surface area contributed by atoms with Crippen LogP contribution in [0.2, 0.25) is 0 Å². The van der Waals surface area contributed by atoms with Crippen LogP contribution in [0.25, 0.3) is 0 Å². The molecule has 0 aliphatic rings. The van der Waals surface area contributed by atoms with Crippen molar-refractivity contribution in [2.24, 2.45) is 0 Å². The van der Waals surface area contributed by atoms with Crippen LogP contribution in [0, 0.1) is 0 Å². The van der Waals surface area contributed by atoms with Gasteiger partial charge in [-0.1, -0.05) is 42.5 Å². The first-order valence-electron chi connectivity index (χ1n) is 7.41. The van der Waals surface area contributed by atoms with E-state index in [1.54, 1.807) is 11.8 Å². The summed E-state index contributed by atoms with van der Waals surface area (Å²) in [7, 11) is 0. The molecular weight excluding hydrogens is 326 g/mol. The minimum Gasteiger partial charge on any atom is -0.480 e. The molecule has 1 unspecified atom stereocenters. The molecular formula is C18H19NO4S.